The first-order valence-electron chi connectivity index (χ1n) is 6.50. The fourth-order valence-corrected chi connectivity index (χ4v) is 2.75. The van der Waals surface area contributed by atoms with Crippen LogP contribution in [0.25, 0.3) is 0 Å². The molecule has 20 heavy (non-hydrogen) atoms. The van der Waals surface area contributed by atoms with Crippen molar-refractivity contribution in [3.8, 4) is 0 Å². The van der Waals surface area contributed by atoms with Gasteiger partial charge in [0.2, 0.25) is 0 Å². The number of hydrogen-bond acceptors (Lipinski definition) is 3. The summed E-state index contributed by atoms with van der Waals surface area (Å²) in [5.74, 6) is 5.69. The summed E-state index contributed by atoms with van der Waals surface area (Å²) in [5.41, 5.74) is 5.56. The predicted octanol–water partition coefficient (Wildman–Crippen LogP) is 3.27. The highest BCUT2D eigenvalue weighted by Crippen LogP contribution is 2.29. The smallest absolute Gasteiger partial charge is 0.0847 e. The maximum absolute atomic E-state index is 6.34. The lowest BCUT2D eigenvalue weighted by atomic mass is 10.0. The summed E-state index contributed by atoms with van der Waals surface area (Å²) in [4.78, 5) is 0. The molecule has 0 aliphatic rings. The highest BCUT2D eigenvalue weighted by atomic mass is 35.5. The van der Waals surface area contributed by atoms with Gasteiger partial charge in [-0.3, -0.25) is 16.0 Å². The minimum absolute atomic E-state index is 0.109. The topological polar surface area (TPSA) is 55.9 Å². The maximum atomic E-state index is 6.34. The number of aryl methyl sites for hydroxylation is 2. The van der Waals surface area contributed by atoms with Gasteiger partial charge < -0.3 is 0 Å². The molecule has 0 amide bonds. The van der Waals surface area contributed by atoms with E-state index >= 15 is 0 Å². The second-order valence-corrected chi connectivity index (χ2v) is 5.39. The first kappa shape index (κ1) is 15.3. The van der Waals surface area contributed by atoms with Crippen molar-refractivity contribution in [1.82, 2.24) is 15.2 Å². The molecule has 4 nitrogen and oxygen atoms in total. The van der Waals surface area contributed by atoms with Gasteiger partial charge in [0, 0.05) is 18.0 Å². The molecule has 1 aromatic heterocycles. The molecular weight excluding hydrogens is 295 g/mol. The Morgan fingerprint density at radius 3 is 2.65 bits per heavy atom. The van der Waals surface area contributed by atoms with Crippen LogP contribution in [0.15, 0.2) is 24.3 Å². The van der Waals surface area contributed by atoms with Gasteiger partial charge in [0.1, 0.15) is 0 Å². The number of nitrogens with two attached hydrogens (primary N) is 1. The summed E-state index contributed by atoms with van der Waals surface area (Å²) in [6.45, 7) is 4.70. The van der Waals surface area contributed by atoms with Crippen molar-refractivity contribution in [3.05, 3.63) is 51.3 Å². The molecule has 0 aliphatic carbocycles. The average molecular weight is 313 g/mol. The van der Waals surface area contributed by atoms with Gasteiger partial charge in [-0.15, -0.1) is 0 Å². The third-order valence-corrected chi connectivity index (χ3v) is 4.17. The zero-order valence-electron chi connectivity index (χ0n) is 11.5. The maximum Gasteiger partial charge on any atom is 0.0847 e. The van der Waals surface area contributed by atoms with Gasteiger partial charge in [-0.05, 0) is 25.5 Å². The Bertz CT molecular complexity index is 595. The molecule has 6 heteroatoms. The number of rotatable bonds is 5. The highest BCUT2D eigenvalue weighted by molar-refractivity contribution is 6.32. The molecule has 0 saturated heterocycles. The molecule has 0 fully saturated rings. The van der Waals surface area contributed by atoms with Gasteiger partial charge in [-0.25, -0.2) is 0 Å². The van der Waals surface area contributed by atoms with E-state index < -0.39 is 0 Å². The number of nitrogens with one attached hydrogen (secondary N) is 1. The number of benzene rings is 1. The molecule has 1 unspecified atom stereocenters. The summed E-state index contributed by atoms with van der Waals surface area (Å²) in [6, 6.07) is 7.54. The van der Waals surface area contributed by atoms with Crippen molar-refractivity contribution in [1.29, 1.82) is 0 Å². The van der Waals surface area contributed by atoms with Crippen LogP contribution >= 0.6 is 23.2 Å². The van der Waals surface area contributed by atoms with Gasteiger partial charge in [0.15, 0.2) is 0 Å². The van der Waals surface area contributed by atoms with Gasteiger partial charge in [-0.2, -0.15) is 5.10 Å². The number of hydrazine groups is 1. The van der Waals surface area contributed by atoms with Crippen molar-refractivity contribution in [2.24, 2.45) is 5.84 Å². The Kier molecular flexibility index (Phi) is 5.05. The van der Waals surface area contributed by atoms with Crippen molar-refractivity contribution in [3.63, 3.8) is 0 Å². The van der Waals surface area contributed by atoms with Crippen LogP contribution in [0.4, 0.5) is 0 Å². The highest BCUT2D eigenvalue weighted by Gasteiger charge is 2.19. The Hall–Kier alpha value is -1.07. The Morgan fingerprint density at radius 2 is 2.05 bits per heavy atom. The lowest BCUT2D eigenvalue weighted by Crippen LogP contribution is -2.30. The summed E-state index contributed by atoms with van der Waals surface area (Å²) >= 11 is 12.6. The van der Waals surface area contributed by atoms with E-state index in [0.717, 1.165) is 23.5 Å². The minimum atomic E-state index is -0.109. The van der Waals surface area contributed by atoms with Crippen molar-refractivity contribution >= 4 is 23.2 Å². The number of hydrogen-bond donors (Lipinski definition) is 2. The Balaban J connectivity index is 2.34. The third-order valence-electron chi connectivity index (χ3n) is 3.33. The van der Waals surface area contributed by atoms with E-state index in [1.165, 1.54) is 0 Å². The summed E-state index contributed by atoms with van der Waals surface area (Å²) in [6.07, 6.45) is 0.633. The molecule has 108 valence electrons. The Morgan fingerprint density at radius 1 is 1.35 bits per heavy atom. The minimum Gasteiger partial charge on any atom is -0.271 e. The van der Waals surface area contributed by atoms with Gasteiger partial charge >= 0.3 is 0 Å². The van der Waals surface area contributed by atoms with Crippen LogP contribution in [0.2, 0.25) is 10.0 Å². The van der Waals surface area contributed by atoms with Crippen LogP contribution in [0, 0.1) is 6.92 Å². The van der Waals surface area contributed by atoms with Crippen molar-refractivity contribution in [2.45, 2.75) is 32.9 Å². The van der Waals surface area contributed by atoms with E-state index in [-0.39, 0.29) is 6.04 Å². The summed E-state index contributed by atoms with van der Waals surface area (Å²) in [5, 5.41) is 5.79. The normalized spacial score (nSPS) is 12.7. The average Bonchev–Trinajstić information content (AvgIpc) is 2.73. The fraction of sp³-hybridized carbons (Fsp3) is 0.357. The van der Waals surface area contributed by atoms with E-state index in [0.29, 0.717) is 16.5 Å². The lowest BCUT2D eigenvalue weighted by Gasteiger charge is -2.18. The molecule has 0 bridgehead atoms. The number of halogens is 2. The van der Waals surface area contributed by atoms with E-state index in [9.17, 15) is 0 Å². The zero-order valence-corrected chi connectivity index (χ0v) is 13.0. The SMILES string of the molecule is CCn1nc(C)c(Cl)c1CC(NN)c1ccccc1Cl. The first-order valence-corrected chi connectivity index (χ1v) is 7.26. The molecule has 1 atom stereocenters. The summed E-state index contributed by atoms with van der Waals surface area (Å²) in [7, 11) is 0. The second-order valence-electron chi connectivity index (χ2n) is 4.61. The molecular formula is C14H18Cl2N4. The summed E-state index contributed by atoms with van der Waals surface area (Å²) < 4.78 is 1.90. The van der Waals surface area contributed by atoms with Gasteiger partial charge in [0.05, 0.1) is 22.5 Å². The second kappa shape index (κ2) is 6.59. The van der Waals surface area contributed by atoms with Gasteiger partial charge in [-0.1, -0.05) is 41.4 Å². The van der Waals surface area contributed by atoms with Crippen LogP contribution in [0.3, 0.4) is 0 Å². The molecule has 2 aromatic rings. The largest absolute Gasteiger partial charge is 0.271 e. The monoisotopic (exact) mass is 312 g/mol. The first-order chi connectivity index (χ1) is 9.58. The van der Waals surface area contributed by atoms with Crippen LogP contribution in [0.1, 0.15) is 29.9 Å². The van der Waals surface area contributed by atoms with E-state index in [1.54, 1.807) is 0 Å². The molecule has 2 rings (SSSR count). The molecule has 0 radical (unpaired) electrons. The third kappa shape index (κ3) is 2.99. The van der Waals surface area contributed by atoms with E-state index in [1.807, 2.05) is 42.8 Å². The fourth-order valence-electron chi connectivity index (χ4n) is 2.27. The van der Waals surface area contributed by atoms with Crippen LogP contribution in [-0.2, 0) is 13.0 Å². The van der Waals surface area contributed by atoms with Crippen molar-refractivity contribution in [2.75, 3.05) is 0 Å². The number of aromatic nitrogens is 2. The predicted molar refractivity (Wildman–Crippen MR) is 82.9 cm³/mol. The molecule has 0 spiro atoms. The standard InChI is InChI=1S/C14H18Cl2N4/c1-3-20-13(14(16)9(2)19-20)8-12(18-17)10-6-4-5-7-11(10)15/h4-7,12,18H,3,8,17H2,1-2H3. The van der Waals surface area contributed by atoms with Crippen LogP contribution in [0.5, 0.6) is 0 Å². The molecule has 3 N–H and O–H groups in total. The van der Waals surface area contributed by atoms with Crippen LogP contribution in [-0.4, -0.2) is 9.78 Å². The molecule has 1 heterocycles. The molecule has 1 aromatic carbocycles. The molecule has 0 saturated carbocycles. The lowest BCUT2D eigenvalue weighted by molar-refractivity contribution is 0.517. The van der Waals surface area contributed by atoms with Crippen molar-refractivity contribution < 1.29 is 0 Å². The van der Waals surface area contributed by atoms with Crippen LogP contribution < -0.4 is 11.3 Å². The van der Waals surface area contributed by atoms with E-state index in [2.05, 4.69) is 10.5 Å². The quantitative estimate of drug-likeness (QED) is 0.658. The number of nitrogens with zero attached hydrogens (tertiary/aromatic N) is 2. The molecule has 0 aliphatic heterocycles. The van der Waals surface area contributed by atoms with E-state index in [4.69, 9.17) is 29.0 Å². The zero-order chi connectivity index (χ0) is 14.7. The Labute approximate surface area is 128 Å². The van der Waals surface area contributed by atoms with Gasteiger partial charge in [0.25, 0.3) is 0 Å².